The molecule has 1 aromatic rings. The lowest BCUT2D eigenvalue weighted by Crippen LogP contribution is -2.31. The van der Waals surface area contributed by atoms with Crippen LogP contribution < -0.4 is 4.74 Å². The highest BCUT2D eigenvalue weighted by atomic mass is 32.2. The van der Waals surface area contributed by atoms with Crippen molar-refractivity contribution in [3.05, 3.63) is 18.1 Å². The fraction of sp³-hybridized carbons (Fsp3) is 0.667. The summed E-state index contributed by atoms with van der Waals surface area (Å²) in [5.74, 6) is 1.35. The Bertz CT molecular complexity index is 405. The standard InChI is InChI=1S/C12H18N2O2S2/c1-7-8(2)18-9(6-17-7)11(15)10-12(16-3)14-5-4-13-10/h4-5,7-9,11,15H,6H2,1-3H3. The molecule has 4 nitrogen and oxygen atoms in total. The van der Waals surface area contributed by atoms with E-state index < -0.39 is 6.10 Å². The number of aromatic nitrogens is 2. The van der Waals surface area contributed by atoms with E-state index in [-0.39, 0.29) is 5.25 Å². The summed E-state index contributed by atoms with van der Waals surface area (Å²) < 4.78 is 5.16. The molecular formula is C12H18N2O2S2. The van der Waals surface area contributed by atoms with Crippen molar-refractivity contribution >= 4 is 23.5 Å². The van der Waals surface area contributed by atoms with E-state index in [9.17, 15) is 5.11 Å². The Balaban J connectivity index is 2.13. The van der Waals surface area contributed by atoms with Gasteiger partial charge in [-0.15, -0.1) is 0 Å². The molecule has 0 bridgehead atoms. The third-order valence-electron chi connectivity index (χ3n) is 3.09. The molecule has 6 heteroatoms. The average Bonchev–Trinajstić information content (AvgIpc) is 2.41. The molecule has 0 aliphatic carbocycles. The highest BCUT2D eigenvalue weighted by molar-refractivity contribution is 8.07. The molecule has 4 unspecified atom stereocenters. The van der Waals surface area contributed by atoms with Crippen LogP contribution in [0.25, 0.3) is 0 Å². The van der Waals surface area contributed by atoms with Crippen LogP contribution in [0.4, 0.5) is 0 Å². The van der Waals surface area contributed by atoms with Gasteiger partial charge in [-0.05, 0) is 0 Å². The third kappa shape index (κ3) is 2.92. The van der Waals surface area contributed by atoms with Crippen molar-refractivity contribution in [2.75, 3.05) is 12.9 Å². The van der Waals surface area contributed by atoms with Crippen LogP contribution in [0.15, 0.2) is 12.4 Å². The summed E-state index contributed by atoms with van der Waals surface area (Å²) in [6.07, 6.45) is 2.54. The normalized spacial score (nSPS) is 29.9. The number of aliphatic hydroxyl groups excluding tert-OH is 1. The Morgan fingerprint density at radius 2 is 2.06 bits per heavy atom. The maximum absolute atomic E-state index is 10.4. The number of thioether (sulfide) groups is 2. The van der Waals surface area contributed by atoms with Crippen molar-refractivity contribution in [1.29, 1.82) is 0 Å². The fourth-order valence-electron chi connectivity index (χ4n) is 1.85. The van der Waals surface area contributed by atoms with Gasteiger partial charge in [-0.2, -0.15) is 23.5 Å². The monoisotopic (exact) mass is 286 g/mol. The first kappa shape index (κ1) is 14.0. The number of rotatable bonds is 3. The summed E-state index contributed by atoms with van der Waals surface area (Å²) in [6.45, 7) is 4.43. The number of methoxy groups -OCH3 is 1. The summed E-state index contributed by atoms with van der Waals surface area (Å²) in [6, 6.07) is 0. The highest BCUT2D eigenvalue weighted by Gasteiger charge is 2.33. The van der Waals surface area contributed by atoms with Gasteiger partial charge in [0.1, 0.15) is 11.8 Å². The Morgan fingerprint density at radius 3 is 2.72 bits per heavy atom. The fourth-order valence-corrected chi connectivity index (χ4v) is 4.82. The van der Waals surface area contributed by atoms with Crippen LogP contribution in [0, 0.1) is 0 Å². The van der Waals surface area contributed by atoms with E-state index in [0.717, 1.165) is 5.75 Å². The van der Waals surface area contributed by atoms with E-state index in [0.29, 0.717) is 22.1 Å². The summed E-state index contributed by atoms with van der Waals surface area (Å²) >= 11 is 3.72. The molecule has 1 N–H and O–H groups in total. The Morgan fingerprint density at radius 1 is 1.33 bits per heavy atom. The summed E-state index contributed by atoms with van der Waals surface area (Å²) in [4.78, 5) is 8.29. The van der Waals surface area contributed by atoms with E-state index >= 15 is 0 Å². The van der Waals surface area contributed by atoms with Gasteiger partial charge in [0.05, 0.1) is 7.11 Å². The first-order valence-electron chi connectivity index (χ1n) is 5.93. The molecule has 100 valence electrons. The van der Waals surface area contributed by atoms with Crippen molar-refractivity contribution in [2.45, 2.75) is 35.7 Å². The second-order valence-electron chi connectivity index (χ2n) is 4.31. The molecule has 18 heavy (non-hydrogen) atoms. The van der Waals surface area contributed by atoms with Crippen LogP contribution in [-0.4, -0.2) is 43.7 Å². The molecule has 1 saturated heterocycles. The van der Waals surface area contributed by atoms with Crippen LogP contribution >= 0.6 is 23.5 Å². The predicted molar refractivity (Wildman–Crippen MR) is 76.3 cm³/mol. The Kier molecular flexibility index (Phi) is 4.75. The topological polar surface area (TPSA) is 55.2 Å². The van der Waals surface area contributed by atoms with Crippen molar-refractivity contribution < 1.29 is 9.84 Å². The van der Waals surface area contributed by atoms with Crippen LogP contribution in [0.1, 0.15) is 25.6 Å². The second kappa shape index (κ2) is 6.12. The third-order valence-corrected chi connectivity index (χ3v) is 6.57. The molecular weight excluding hydrogens is 268 g/mol. The molecule has 1 aliphatic heterocycles. The summed E-state index contributed by atoms with van der Waals surface area (Å²) in [5.41, 5.74) is 0.542. The van der Waals surface area contributed by atoms with E-state index in [1.54, 1.807) is 19.5 Å². The molecule has 0 aromatic carbocycles. The number of aliphatic hydroxyl groups is 1. The zero-order chi connectivity index (χ0) is 13.1. The first-order valence-corrected chi connectivity index (χ1v) is 7.92. The molecule has 0 saturated carbocycles. The molecule has 1 aliphatic rings. The molecule has 1 fully saturated rings. The highest BCUT2D eigenvalue weighted by Crippen LogP contribution is 2.41. The van der Waals surface area contributed by atoms with Gasteiger partial charge in [-0.1, -0.05) is 13.8 Å². The second-order valence-corrected chi connectivity index (χ2v) is 7.35. The van der Waals surface area contributed by atoms with Crippen LogP contribution in [0.3, 0.4) is 0 Å². The number of nitrogens with zero attached hydrogens (tertiary/aromatic N) is 2. The average molecular weight is 286 g/mol. The van der Waals surface area contributed by atoms with E-state index in [1.807, 2.05) is 23.5 Å². The molecule has 4 atom stereocenters. The predicted octanol–water partition coefficient (Wildman–Crippen LogP) is 2.14. The van der Waals surface area contributed by atoms with Crippen molar-refractivity contribution in [3.63, 3.8) is 0 Å². The molecule has 2 heterocycles. The molecule has 0 spiro atoms. The molecule has 0 amide bonds. The van der Waals surface area contributed by atoms with Crippen LogP contribution in [-0.2, 0) is 0 Å². The lowest BCUT2D eigenvalue weighted by atomic mass is 10.2. The van der Waals surface area contributed by atoms with Crippen LogP contribution in [0.5, 0.6) is 5.88 Å². The van der Waals surface area contributed by atoms with Gasteiger partial charge >= 0.3 is 0 Å². The van der Waals surface area contributed by atoms with Gasteiger partial charge in [-0.25, -0.2) is 4.98 Å². The minimum atomic E-state index is -0.624. The lowest BCUT2D eigenvalue weighted by Gasteiger charge is -2.33. The van der Waals surface area contributed by atoms with Gasteiger partial charge in [0.25, 0.3) is 0 Å². The Labute approximate surface area is 116 Å². The minimum absolute atomic E-state index is 0.145. The largest absolute Gasteiger partial charge is 0.480 e. The molecule has 2 rings (SSSR count). The summed E-state index contributed by atoms with van der Waals surface area (Å²) in [5, 5.41) is 11.8. The number of hydrogen-bond donors (Lipinski definition) is 1. The van der Waals surface area contributed by atoms with E-state index in [4.69, 9.17) is 4.74 Å². The van der Waals surface area contributed by atoms with Crippen molar-refractivity contribution in [1.82, 2.24) is 9.97 Å². The van der Waals surface area contributed by atoms with Crippen molar-refractivity contribution in [3.8, 4) is 5.88 Å². The number of hydrogen-bond acceptors (Lipinski definition) is 6. The van der Waals surface area contributed by atoms with Gasteiger partial charge in [0.15, 0.2) is 0 Å². The summed E-state index contributed by atoms with van der Waals surface area (Å²) in [7, 11) is 1.55. The lowest BCUT2D eigenvalue weighted by molar-refractivity contribution is 0.169. The smallest absolute Gasteiger partial charge is 0.238 e. The maximum atomic E-state index is 10.4. The van der Waals surface area contributed by atoms with Gasteiger partial charge in [0, 0.05) is 33.9 Å². The molecule has 1 aromatic heterocycles. The first-order chi connectivity index (χ1) is 8.63. The van der Waals surface area contributed by atoms with Gasteiger partial charge < -0.3 is 9.84 Å². The van der Waals surface area contributed by atoms with E-state index in [1.165, 1.54) is 0 Å². The van der Waals surface area contributed by atoms with Crippen molar-refractivity contribution in [2.24, 2.45) is 0 Å². The maximum Gasteiger partial charge on any atom is 0.238 e. The minimum Gasteiger partial charge on any atom is -0.480 e. The Hall–Kier alpha value is -0.460. The van der Waals surface area contributed by atoms with Gasteiger partial charge in [0.2, 0.25) is 5.88 Å². The molecule has 0 radical (unpaired) electrons. The van der Waals surface area contributed by atoms with E-state index in [2.05, 4.69) is 23.8 Å². The zero-order valence-electron chi connectivity index (χ0n) is 10.7. The SMILES string of the molecule is COc1nccnc1C(O)C1CSC(C)C(C)S1. The zero-order valence-corrected chi connectivity index (χ0v) is 12.4. The van der Waals surface area contributed by atoms with Crippen LogP contribution in [0.2, 0.25) is 0 Å². The van der Waals surface area contributed by atoms with Gasteiger partial charge in [-0.3, -0.25) is 4.98 Å². The quantitative estimate of drug-likeness (QED) is 0.919. The number of ether oxygens (including phenoxy) is 1.